The quantitative estimate of drug-likeness (QED) is 0.457. The van der Waals surface area contributed by atoms with Gasteiger partial charge in [-0.15, -0.1) is 0 Å². The minimum absolute atomic E-state index is 0.305. The first kappa shape index (κ1) is 17.3. The Kier molecular flexibility index (Phi) is 5.50. The number of hydrogen-bond donors (Lipinski definition) is 0. The number of halogens is 2. The molecule has 8 heteroatoms. The molecule has 1 unspecified atom stereocenters. The third-order valence-electron chi connectivity index (χ3n) is 3.00. The highest BCUT2D eigenvalue weighted by molar-refractivity contribution is 8.26. The van der Waals surface area contributed by atoms with Gasteiger partial charge in [0.15, 0.2) is 0 Å². The molecule has 1 atom stereocenters. The van der Waals surface area contributed by atoms with Crippen LogP contribution in [0.25, 0.3) is 6.08 Å². The van der Waals surface area contributed by atoms with Gasteiger partial charge in [0.2, 0.25) is 0 Å². The lowest BCUT2D eigenvalue weighted by molar-refractivity contribution is -0.147. The van der Waals surface area contributed by atoms with Gasteiger partial charge in [-0.3, -0.25) is 9.69 Å². The molecular weight excluding hydrogens is 365 g/mol. The summed E-state index contributed by atoms with van der Waals surface area (Å²) in [5.41, 5.74) is 0.650. The number of rotatable bonds is 3. The van der Waals surface area contributed by atoms with Gasteiger partial charge < -0.3 is 4.74 Å². The molecule has 1 heterocycles. The first-order chi connectivity index (χ1) is 10.3. The van der Waals surface area contributed by atoms with E-state index in [2.05, 4.69) is 4.74 Å². The summed E-state index contributed by atoms with van der Waals surface area (Å²) in [5, 5.41) is 0.938. The van der Waals surface area contributed by atoms with E-state index in [1.807, 2.05) is 0 Å². The van der Waals surface area contributed by atoms with Crippen LogP contribution in [0, 0.1) is 0 Å². The number of hydrogen-bond acceptors (Lipinski definition) is 5. The topological polar surface area (TPSA) is 46.6 Å². The minimum Gasteiger partial charge on any atom is -0.467 e. The molecule has 4 nitrogen and oxygen atoms in total. The van der Waals surface area contributed by atoms with Crippen molar-refractivity contribution in [3.05, 3.63) is 38.7 Å². The molecule has 1 aliphatic rings. The molecule has 0 aliphatic carbocycles. The van der Waals surface area contributed by atoms with E-state index >= 15 is 0 Å². The molecule has 1 aliphatic heterocycles. The zero-order chi connectivity index (χ0) is 16.4. The van der Waals surface area contributed by atoms with Gasteiger partial charge in [0.05, 0.1) is 12.0 Å². The van der Waals surface area contributed by atoms with E-state index < -0.39 is 12.0 Å². The van der Waals surface area contributed by atoms with Gasteiger partial charge in [-0.25, -0.2) is 4.79 Å². The smallest absolute Gasteiger partial charge is 0.328 e. The number of methoxy groups -OCH3 is 1. The number of ether oxygens (including phenoxy) is 1. The Morgan fingerprint density at radius 1 is 1.45 bits per heavy atom. The van der Waals surface area contributed by atoms with Gasteiger partial charge in [-0.1, -0.05) is 53.2 Å². The monoisotopic (exact) mass is 375 g/mol. The molecular formula is C14H11Cl2NO3S2. The van der Waals surface area contributed by atoms with Gasteiger partial charge >= 0.3 is 5.97 Å². The maximum atomic E-state index is 12.4. The predicted molar refractivity (Wildman–Crippen MR) is 93.0 cm³/mol. The number of esters is 1. The van der Waals surface area contributed by atoms with Crippen molar-refractivity contribution in [3.63, 3.8) is 0 Å². The maximum absolute atomic E-state index is 12.4. The van der Waals surface area contributed by atoms with Gasteiger partial charge in [0.1, 0.15) is 10.4 Å². The van der Waals surface area contributed by atoms with Gasteiger partial charge in [0, 0.05) is 10.0 Å². The van der Waals surface area contributed by atoms with Crippen LogP contribution in [0.1, 0.15) is 12.5 Å². The zero-order valence-corrected chi connectivity index (χ0v) is 14.8. The van der Waals surface area contributed by atoms with E-state index in [-0.39, 0.29) is 5.91 Å². The van der Waals surface area contributed by atoms with E-state index in [1.165, 1.54) is 12.0 Å². The third-order valence-corrected chi connectivity index (χ3v) is 4.90. The fourth-order valence-electron chi connectivity index (χ4n) is 1.85. The van der Waals surface area contributed by atoms with Crippen LogP contribution < -0.4 is 0 Å². The molecule has 1 fully saturated rings. The number of carbonyl (C=O) groups excluding carboxylic acids is 2. The first-order valence-electron chi connectivity index (χ1n) is 6.15. The summed E-state index contributed by atoms with van der Waals surface area (Å²) in [4.78, 5) is 25.7. The fraction of sp³-hybridized carbons (Fsp3) is 0.214. The second-order valence-corrected chi connectivity index (χ2v) is 6.94. The molecule has 0 spiro atoms. The molecule has 1 amide bonds. The van der Waals surface area contributed by atoms with Crippen molar-refractivity contribution in [3.8, 4) is 0 Å². The van der Waals surface area contributed by atoms with Crippen molar-refractivity contribution in [2.75, 3.05) is 7.11 Å². The lowest BCUT2D eigenvalue weighted by Gasteiger charge is -2.20. The molecule has 0 radical (unpaired) electrons. The highest BCUT2D eigenvalue weighted by Crippen LogP contribution is 2.35. The van der Waals surface area contributed by atoms with Crippen LogP contribution in [0.2, 0.25) is 10.0 Å². The second kappa shape index (κ2) is 7.00. The van der Waals surface area contributed by atoms with Crippen LogP contribution in [-0.4, -0.2) is 34.2 Å². The second-order valence-electron chi connectivity index (χ2n) is 4.42. The Morgan fingerprint density at radius 3 is 2.73 bits per heavy atom. The van der Waals surface area contributed by atoms with E-state index in [9.17, 15) is 9.59 Å². The summed E-state index contributed by atoms with van der Waals surface area (Å²) in [6, 6.07) is 4.20. The van der Waals surface area contributed by atoms with Crippen LogP contribution in [0.4, 0.5) is 0 Å². The normalized spacial score (nSPS) is 18.0. The zero-order valence-electron chi connectivity index (χ0n) is 11.6. The van der Waals surface area contributed by atoms with Crippen LogP contribution in [0.3, 0.4) is 0 Å². The molecule has 2 rings (SSSR count). The lowest BCUT2D eigenvalue weighted by Crippen LogP contribution is -2.42. The average molecular weight is 376 g/mol. The maximum Gasteiger partial charge on any atom is 0.328 e. The van der Waals surface area contributed by atoms with Crippen molar-refractivity contribution in [2.24, 2.45) is 0 Å². The summed E-state index contributed by atoms with van der Waals surface area (Å²) < 4.78 is 4.95. The number of benzene rings is 1. The Bertz CT molecular complexity index is 691. The minimum atomic E-state index is -0.774. The molecule has 1 aromatic carbocycles. The lowest BCUT2D eigenvalue weighted by atomic mass is 10.2. The highest BCUT2D eigenvalue weighted by atomic mass is 35.5. The Labute approximate surface area is 147 Å². The van der Waals surface area contributed by atoms with Crippen LogP contribution in [0.15, 0.2) is 23.1 Å². The van der Waals surface area contributed by atoms with Crippen molar-refractivity contribution in [1.29, 1.82) is 0 Å². The Morgan fingerprint density at radius 2 is 2.14 bits per heavy atom. The standard InChI is InChI=1S/C14H11Cl2NO3S2/c1-7(13(19)20-2)17-12(18)11(22-14(17)21)5-8-3-4-9(15)6-10(8)16/h3-7H,1-2H3/b11-5-. The number of thioether (sulfide) groups is 1. The van der Waals surface area contributed by atoms with E-state index in [1.54, 1.807) is 31.2 Å². The van der Waals surface area contributed by atoms with Crippen molar-refractivity contribution >= 4 is 69.5 Å². The first-order valence-corrected chi connectivity index (χ1v) is 8.13. The van der Waals surface area contributed by atoms with Crippen molar-refractivity contribution in [2.45, 2.75) is 13.0 Å². The van der Waals surface area contributed by atoms with Gasteiger partial charge in [-0.05, 0) is 30.7 Å². The van der Waals surface area contributed by atoms with Crippen molar-refractivity contribution < 1.29 is 14.3 Å². The summed E-state index contributed by atoms with van der Waals surface area (Å²) in [6.07, 6.45) is 1.63. The number of thiocarbonyl (C=S) groups is 1. The predicted octanol–water partition coefficient (Wildman–Crippen LogP) is 3.76. The number of nitrogens with zero attached hydrogens (tertiary/aromatic N) is 1. The molecule has 1 aromatic rings. The van der Waals surface area contributed by atoms with Crippen LogP contribution in [-0.2, 0) is 14.3 Å². The van der Waals surface area contributed by atoms with E-state index in [0.29, 0.717) is 24.8 Å². The van der Waals surface area contributed by atoms with Gasteiger partial charge in [0.25, 0.3) is 5.91 Å². The third kappa shape index (κ3) is 3.46. The molecule has 0 bridgehead atoms. The summed E-state index contributed by atoms with van der Waals surface area (Å²) in [7, 11) is 1.26. The summed E-state index contributed by atoms with van der Waals surface area (Å²) in [6.45, 7) is 1.56. The molecule has 116 valence electrons. The van der Waals surface area contributed by atoms with E-state index in [0.717, 1.165) is 11.8 Å². The fourth-order valence-corrected chi connectivity index (χ4v) is 3.72. The number of amides is 1. The van der Waals surface area contributed by atoms with E-state index in [4.69, 9.17) is 35.4 Å². The molecule has 0 aromatic heterocycles. The highest BCUT2D eigenvalue weighted by Gasteiger charge is 2.38. The number of carbonyl (C=O) groups is 2. The van der Waals surface area contributed by atoms with Gasteiger partial charge in [-0.2, -0.15) is 0 Å². The summed E-state index contributed by atoms with van der Waals surface area (Å²) in [5.74, 6) is -0.874. The van der Waals surface area contributed by atoms with Crippen molar-refractivity contribution in [1.82, 2.24) is 4.90 Å². The van der Waals surface area contributed by atoms with Crippen LogP contribution in [0.5, 0.6) is 0 Å². The largest absolute Gasteiger partial charge is 0.467 e. The average Bonchev–Trinajstić information content (AvgIpc) is 2.75. The molecule has 22 heavy (non-hydrogen) atoms. The van der Waals surface area contributed by atoms with Crippen LogP contribution >= 0.6 is 47.2 Å². The summed E-state index contributed by atoms with van der Waals surface area (Å²) >= 11 is 18.2. The SMILES string of the molecule is COC(=O)C(C)N1C(=O)/C(=C/c2ccc(Cl)cc2Cl)SC1=S. The molecule has 1 saturated heterocycles. The Hall–Kier alpha value is -1.08. The Balaban J connectivity index is 2.31. The molecule has 0 N–H and O–H groups in total. The molecule has 0 saturated carbocycles.